The van der Waals surface area contributed by atoms with Crippen molar-refractivity contribution in [2.24, 2.45) is 5.84 Å². The van der Waals surface area contributed by atoms with E-state index in [1.807, 2.05) is 30.3 Å². The monoisotopic (exact) mass is 294 g/mol. The summed E-state index contributed by atoms with van der Waals surface area (Å²) in [5.41, 5.74) is 4.68. The lowest BCUT2D eigenvalue weighted by atomic mass is 9.99. The van der Waals surface area contributed by atoms with Crippen molar-refractivity contribution in [2.45, 2.75) is 6.04 Å². The van der Waals surface area contributed by atoms with Crippen molar-refractivity contribution >= 4 is 15.9 Å². The minimum atomic E-state index is -0.274. The molecule has 2 nitrogen and oxygen atoms in total. The van der Waals surface area contributed by atoms with Gasteiger partial charge in [0.05, 0.1) is 6.04 Å². The molecule has 17 heavy (non-hydrogen) atoms. The number of halogens is 2. The van der Waals surface area contributed by atoms with E-state index < -0.39 is 0 Å². The van der Waals surface area contributed by atoms with Gasteiger partial charge in [-0.15, -0.1) is 0 Å². The van der Waals surface area contributed by atoms with E-state index in [4.69, 9.17) is 5.84 Å². The standard InChI is InChI=1S/C13H12BrFN2/c14-12-8-10(15)6-7-11(12)13(17-16)9-4-2-1-3-5-9/h1-8,13,17H,16H2. The molecule has 88 valence electrons. The lowest BCUT2D eigenvalue weighted by Gasteiger charge is -2.18. The molecule has 0 aliphatic heterocycles. The number of benzene rings is 2. The number of nitrogens with one attached hydrogen (secondary N) is 1. The molecule has 0 fully saturated rings. The van der Waals surface area contributed by atoms with E-state index in [0.29, 0.717) is 4.47 Å². The first-order valence-electron chi connectivity index (χ1n) is 5.18. The van der Waals surface area contributed by atoms with Gasteiger partial charge in [0.2, 0.25) is 0 Å². The van der Waals surface area contributed by atoms with Crippen LogP contribution in [0, 0.1) is 5.82 Å². The largest absolute Gasteiger partial charge is 0.271 e. The number of rotatable bonds is 3. The maximum Gasteiger partial charge on any atom is 0.124 e. The quantitative estimate of drug-likeness (QED) is 0.674. The smallest absolute Gasteiger partial charge is 0.124 e. The number of hydrazine groups is 1. The first-order valence-corrected chi connectivity index (χ1v) is 5.97. The highest BCUT2D eigenvalue weighted by atomic mass is 79.9. The van der Waals surface area contributed by atoms with E-state index in [2.05, 4.69) is 21.4 Å². The Hall–Kier alpha value is -1.23. The second-order valence-corrected chi connectivity index (χ2v) is 4.53. The molecule has 0 aromatic heterocycles. The summed E-state index contributed by atoms with van der Waals surface area (Å²) in [4.78, 5) is 0. The highest BCUT2D eigenvalue weighted by molar-refractivity contribution is 9.10. The van der Waals surface area contributed by atoms with Crippen LogP contribution in [0.25, 0.3) is 0 Å². The zero-order chi connectivity index (χ0) is 12.3. The summed E-state index contributed by atoms with van der Waals surface area (Å²) >= 11 is 3.35. The van der Waals surface area contributed by atoms with E-state index in [0.717, 1.165) is 11.1 Å². The average Bonchev–Trinajstić information content (AvgIpc) is 2.34. The van der Waals surface area contributed by atoms with Crippen molar-refractivity contribution in [2.75, 3.05) is 0 Å². The number of hydrogen-bond acceptors (Lipinski definition) is 2. The van der Waals surface area contributed by atoms with Crippen molar-refractivity contribution < 1.29 is 4.39 Å². The Morgan fingerprint density at radius 3 is 2.41 bits per heavy atom. The van der Waals surface area contributed by atoms with Crippen LogP contribution in [0.4, 0.5) is 4.39 Å². The van der Waals surface area contributed by atoms with Gasteiger partial charge in [-0.25, -0.2) is 9.82 Å². The molecule has 2 aromatic carbocycles. The Balaban J connectivity index is 2.42. The molecule has 1 atom stereocenters. The topological polar surface area (TPSA) is 38.0 Å². The fourth-order valence-electron chi connectivity index (χ4n) is 1.75. The zero-order valence-corrected chi connectivity index (χ0v) is 10.6. The van der Waals surface area contributed by atoms with Gasteiger partial charge in [0.25, 0.3) is 0 Å². The van der Waals surface area contributed by atoms with Gasteiger partial charge in [0.15, 0.2) is 0 Å². The molecule has 0 aliphatic carbocycles. The summed E-state index contributed by atoms with van der Waals surface area (Å²) in [5, 5.41) is 0. The molecule has 2 aromatic rings. The number of hydrogen-bond donors (Lipinski definition) is 2. The van der Waals surface area contributed by atoms with Crippen molar-refractivity contribution in [3.8, 4) is 0 Å². The summed E-state index contributed by atoms with van der Waals surface area (Å²) in [6, 6.07) is 14.2. The maximum absolute atomic E-state index is 13.0. The van der Waals surface area contributed by atoms with Crippen LogP contribution in [-0.2, 0) is 0 Å². The van der Waals surface area contributed by atoms with E-state index in [1.165, 1.54) is 12.1 Å². The first-order chi connectivity index (χ1) is 8.22. The molecule has 0 heterocycles. The molecular formula is C13H12BrFN2. The molecule has 2 rings (SSSR count). The van der Waals surface area contributed by atoms with Crippen LogP contribution in [0.1, 0.15) is 17.2 Å². The Morgan fingerprint density at radius 1 is 1.12 bits per heavy atom. The van der Waals surface area contributed by atoms with Gasteiger partial charge in [0.1, 0.15) is 5.82 Å². The molecule has 0 spiro atoms. The van der Waals surface area contributed by atoms with Gasteiger partial charge in [0, 0.05) is 4.47 Å². The first kappa shape index (κ1) is 12.2. The molecule has 0 radical (unpaired) electrons. The summed E-state index contributed by atoms with van der Waals surface area (Å²) in [7, 11) is 0. The third-order valence-corrected chi connectivity index (χ3v) is 3.26. The molecule has 0 saturated carbocycles. The van der Waals surface area contributed by atoms with E-state index in [9.17, 15) is 4.39 Å². The fraction of sp³-hybridized carbons (Fsp3) is 0.0769. The summed E-state index contributed by atoms with van der Waals surface area (Å²) in [6.07, 6.45) is 0. The summed E-state index contributed by atoms with van der Waals surface area (Å²) in [5.74, 6) is 5.31. The van der Waals surface area contributed by atoms with Crippen LogP contribution in [0.15, 0.2) is 53.0 Å². The minimum Gasteiger partial charge on any atom is -0.271 e. The highest BCUT2D eigenvalue weighted by Gasteiger charge is 2.15. The average molecular weight is 295 g/mol. The van der Waals surface area contributed by atoms with Crippen LogP contribution in [0.5, 0.6) is 0 Å². The predicted octanol–water partition coefficient (Wildman–Crippen LogP) is 3.14. The lowest BCUT2D eigenvalue weighted by Crippen LogP contribution is -2.29. The molecule has 0 amide bonds. The predicted molar refractivity (Wildman–Crippen MR) is 69.7 cm³/mol. The van der Waals surface area contributed by atoms with E-state index in [-0.39, 0.29) is 11.9 Å². The van der Waals surface area contributed by atoms with Gasteiger partial charge in [-0.2, -0.15) is 0 Å². The van der Waals surface area contributed by atoms with E-state index >= 15 is 0 Å². The van der Waals surface area contributed by atoms with Gasteiger partial charge in [-0.05, 0) is 23.3 Å². The Labute approximate surface area is 108 Å². The molecule has 1 unspecified atom stereocenters. The van der Waals surface area contributed by atoms with Crippen molar-refractivity contribution in [1.82, 2.24) is 5.43 Å². The van der Waals surface area contributed by atoms with Gasteiger partial charge < -0.3 is 0 Å². The molecule has 0 saturated heterocycles. The zero-order valence-electron chi connectivity index (χ0n) is 9.03. The highest BCUT2D eigenvalue weighted by Crippen LogP contribution is 2.28. The normalized spacial score (nSPS) is 12.4. The van der Waals surface area contributed by atoms with Crippen molar-refractivity contribution in [3.63, 3.8) is 0 Å². The Kier molecular flexibility index (Phi) is 3.89. The maximum atomic E-state index is 13.0. The van der Waals surface area contributed by atoms with Crippen LogP contribution in [0.3, 0.4) is 0 Å². The van der Waals surface area contributed by atoms with Crippen molar-refractivity contribution in [3.05, 3.63) is 69.9 Å². The molecule has 0 bridgehead atoms. The Bertz CT molecular complexity index is 502. The van der Waals surface area contributed by atoms with Gasteiger partial charge in [-0.1, -0.05) is 52.3 Å². The molecule has 3 N–H and O–H groups in total. The molecular weight excluding hydrogens is 283 g/mol. The number of nitrogens with two attached hydrogens (primary N) is 1. The third-order valence-electron chi connectivity index (χ3n) is 2.57. The summed E-state index contributed by atoms with van der Waals surface area (Å²) < 4.78 is 13.7. The second-order valence-electron chi connectivity index (χ2n) is 3.68. The van der Waals surface area contributed by atoms with Gasteiger partial charge in [-0.3, -0.25) is 5.84 Å². The van der Waals surface area contributed by atoms with Crippen LogP contribution in [0.2, 0.25) is 0 Å². The fourth-order valence-corrected chi connectivity index (χ4v) is 2.33. The second kappa shape index (κ2) is 5.40. The SMILES string of the molecule is NNC(c1ccccc1)c1ccc(F)cc1Br. The van der Waals surface area contributed by atoms with Gasteiger partial charge >= 0.3 is 0 Å². The van der Waals surface area contributed by atoms with Crippen LogP contribution < -0.4 is 11.3 Å². The van der Waals surface area contributed by atoms with Crippen LogP contribution >= 0.6 is 15.9 Å². The third kappa shape index (κ3) is 2.72. The molecule has 4 heteroatoms. The van der Waals surface area contributed by atoms with Crippen molar-refractivity contribution in [1.29, 1.82) is 0 Å². The van der Waals surface area contributed by atoms with E-state index in [1.54, 1.807) is 6.07 Å². The Morgan fingerprint density at radius 2 is 1.82 bits per heavy atom. The van der Waals surface area contributed by atoms with Crippen LogP contribution in [-0.4, -0.2) is 0 Å². The minimum absolute atomic E-state index is 0.161. The summed E-state index contributed by atoms with van der Waals surface area (Å²) in [6.45, 7) is 0. The molecule has 0 aliphatic rings. The lowest BCUT2D eigenvalue weighted by molar-refractivity contribution is 0.613.